The summed E-state index contributed by atoms with van der Waals surface area (Å²) in [6.45, 7) is 0.815. The van der Waals surface area contributed by atoms with Crippen LogP contribution in [0, 0.1) is 5.82 Å². The van der Waals surface area contributed by atoms with Gasteiger partial charge < -0.3 is 25.0 Å². The molecule has 2 heterocycles. The molecule has 0 radical (unpaired) electrons. The highest BCUT2D eigenvalue weighted by Crippen LogP contribution is 2.31. The second-order valence-corrected chi connectivity index (χ2v) is 7.44. The van der Waals surface area contributed by atoms with E-state index in [0.29, 0.717) is 48.7 Å². The molecule has 2 aliphatic rings. The van der Waals surface area contributed by atoms with E-state index < -0.39 is 11.5 Å². The van der Waals surface area contributed by atoms with Crippen molar-refractivity contribution >= 4 is 23.3 Å². The average Bonchev–Trinajstić information content (AvgIpc) is 3.10. The molecule has 162 valence electrons. The number of aliphatic imine (C=N–C) groups is 1. The van der Waals surface area contributed by atoms with E-state index in [-0.39, 0.29) is 17.6 Å². The van der Waals surface area contributed by atoms with Crippen LogP contribution in [0.5, 0.6) is 11.5 Å². The largest absolute Gasteiger partial charge is 0.497 e. The number of carbonyl (C=O) groups excluding carboxylic acids is 2. The molecular weight excluding hydrogens is 403 g/mol. The van der Waals surface area contributed by atoms with Gasteiger partial charge in [0.1, 0.15) is 28.7 Å². The molecule has 1 spiro atoms. The fourth-order valence-electron chi connectivity index (χ4n) is 3.81. The Balaban J connectivity index is 1.43. The second-order valence-electron chi connectivity index (χ2n) is 7.44. The number of methoxy groups -OCH3 is 2. The van der Waals surface area contributed by atoms with Gasteiger partial charge in [0.05, 0.1) is 19.9 Å². The normalized spacial score (nSPS) is 17.2. The number of amides is 3. The molecule has 2 aromatic carbocycles. The van der Waals surface area contributed by atoms with Crippen LogP contribution in [0.3, 0.4) is 0 Å². The van der Waals surface area contributed by atoms with Gasteiger partial charge in [-0.3, -0.25) is 9.79 Å². The first-order chi connectivity index (χ1) is 14.9. The van der Waals surface area contributed by atoms with Crippen molar-refractivity contribution < 1.29 is 23.5 Å². The molecule has 0 atom stereocenters. The lowest BCUT2D eigenvalue weighted by molar-refractivity contribution is -0.115. The number of rotatable bonds is 4. The van der Waals surface area contributed by atoms with Gasteiger partial charge in [-0.15, -0.1) is 0 Å². The predicted octanol–water partition coefficient (Wildman–Crippen LogP) is 2.79. The summed E-state index contributed by atoms with van der Waals surface area (Å²) in [7, 11) is 3.08. The summed E-state index contributed by atoms with van der Waals surface area (Å²) in [5, 5.41) is 5.77. The molecular formula is C22H23FN4O4. The van der Waals surface area contributed by atoms with Gasteiger partial charge in [0.15, 0.2) is 0 Å². The monoisotopic (exact) mass is 426 g/mol. The highest BCUT2D eigenvalue weighted by molar-refractivity contribution is 6.46. The summed E-state index contributed by atoms with van der Waals surface area (Å²) in [6, 6.07) is 10.7. The zero-order valence-electron chi connectivity index (χ0n) is 17.3. The molecule has 0 aromatic heterocycles. The van der Waals surface area contributed by atoms with Crippen LogP contribution in [0.15, 0.2) is 47.5 Å². The minimum Gasteiger partial charge on any atom is -0.497 e. The maximum Gasteiger partial charge on any atom is 0.321 e. The van der Waals surface area contributed by atoms with E-state index >= 15 is 0 Å². The minimum absolute atomic E-state index is 0.223. The number of urea groups is 1. The minimum atomic E-state index is -0.771. The number of anilines is 1. The summed E-state index contributed by atoms with van der Waals surface area (Å²) in [4.78, 5) is 31.5. The molecule has 2 N–H and O–H groups in total. The summed E-state index contributed by atoms with van der Waals surface area (Å²) < 4.78 is 24.0. The van der Waals surface area contributed by atoms with E-state index in [1.165, 1.54) is 19.2 Å². The molecule has 2 aliphatic heterocycles. The van der Waals surface area contributed by atoms with E-state index in [1.54, 1.807) is 42.3 Å². The third-order valence-electron chi connectivity index (χ3n) is 5.51. The maximum atomic E-state index is 13.5. The van der Waals surface area contributed by atoms with Crippen molar-refractivity contribution in [3.05, 3.63) is 53.8 Å². The topological polar surface area (TPSA) is 92.3 Å². The Hall–Kier alpha value is -3.62. The van der Waals surface area contributed by atoms with Crippen LogP contribution < -0.4 is 20.1 Å². The lowest BCUT2D eigenvalue weighted by atomic mass is 9.98. The number of nitrogens with zero attached hydrogens (tertiary/aromatic N) is 2. The summed E-state index contributed by atoms with van der Waals surface area (Å²) in [5.74, 6) is 0.369. The smallest absolute Gasteiger partial charge is 0.321 e. The highest BCUT2D eigenvalue weighted by Gasteiger charge is 2.43. The number of piperidine rings is 1. The molecule has 8 nitrogen and oxygen atoms in total. The summed E-state index contributed by atoms with van der Waals surface area (Å²) in [6.07, 6.45) is 0.926. The van der Waals surface area contributed by atoms with Gasteiger partial charge in [-0.25, -0.2) is 9.18 Å². The predicted molar refractivity (Wildman–Crippen MR) is 113 cm³/mol. The number of hydrogen-bond donors (Lipinski definition) is 2. The van der Waals surface area contributed by atoms with Crippen LogP contribution in [0.25, 0.3) is 0 Å². The molecule has 1 saturated heterocycles. The number of halogens is 1. The fourth-order valence-corrected chi connectivity index (χ4v) is 3.81. The Labute approximate surface area is 179 Å². The summed E-state index contributed by atoms with van der Waals surface area (Å²) in [5.41, 5.74) is 0.434. The number of hydrogen-bond acceptors (Lipinski definition) is 5. The second kappa shape index (κ2) is 8.25. The van der Waals surface area contributed by atoms with E-state index in [1.807, 2.05) is 0 Å². The number of benzene rings is 2. The van der Waals surface area contributed by atoms with Crippen LogP contribution in [0.2, 0.25) is 0 Å². The van der Waals surface area contributed by atoms with Crippen molar-refractivity contribution in [3.63, 3.8) is 0 Å². The quantitative estimate of drug-likeness (QED) is 0.787. The van der Waals surface area contributed by atoms with Crippen molar-refractivity contribution in [2.75, 3.05) is 32.6 Å². The standard InChI is InChI=1S/C22H23FN4O4/c1-30-16-6-7-17(18(13-16)31-2)24-21(29)27-10-8-22(9-11-27)25-19(20(28)26-22)14-4-3-5-15(23)12-14/h3-7,12-13H,8-11H2,1-2H3,(H,24,29)(H,26,28). The number of nitrogens with one attached hydrogen (secondary N) is 2. The first kappa shape index (κ1) is 20.6. The molecule has 0 unspecified atom stereocenters. The Kier molecular flexibility index (Phi) is 5.50. The molecule has 4 rings (SSSR count). The third kappa shape index (κ3) is 4.16. The van der Waals surface area contributed by atoms with E-state index in [4.69, 9.17) is 9.47 Å². The summed E-state index contributed by atoms with van der Waals surface area (Å²) >= 11 is 0. The Morgan fingerprint density at radius 1 is 1.16 bits per heavy atom. The molecule has 3 amide bonds. The number of ether oxygens (including phenoxy) is 2. The van der Waals surface area contributed by atoms with Crippen LogP contribution in [0.4, 0.5) is 14.9 Å². The van der Waals surface area contributed by atoms with Crippen molar-refractivity contribution in [1.82, 2.24) is 10.2 Å². The molecule has 31 heavy (non-hydrogen) atoms. The van der Waals surface area contributed by atoms with Gasteiger partial charge in [-0.05, 0) is 24.3 Å². The Morgan fingerprint density at radius 2 is 1.94 bits per heavy atom. The Morgan fingerprint density at radius 3 is 2.61 bits per heavy atom. The van der Waals surface area contributed by atoms with Crippen LogP contribution in [0.1, 0.15) is 18.4 Å². The van der Waals surface area contributed by atoms with Gasteiger partial charge in [0.25, 0.3) is 5.91 Å². The molecule has 0 saturated carbocycles. The van der Waals surface area contributed by atoms with Gasteiger partial charge >= 0.3 is 6.03 Å². The molecule has 0 bridgehead atoms. The van der Waals surface area contributed by atoms with Gasteiger partial charge in [-0.1, -0.05) is 12.1 Å². The Bertz CT molecular complexity index is 1050. The third-order valence-corrected chi connectivity index (χ3v) is 5.51. The first-order valence-corrected chi connectivity index (χ1v) is 9.89. The molecule has 9 heteroatoms. The fraction of sp³-hybridized carbons (Fsp3) is 0.318. The average molecular weight is 426 g/mol. The van der Waals surface area contributed by atoms with E-state index in [0.717, 1.165) is 0 Å². The van der Waals surface area contributed by atoms with E-state index in [2.05, 4.69) is 15.6 Å². The molecule has 1 fully saturated rings. The van der Waals surface area contributed by atoms with Gasteiger partial charge in [-0.2, -0.15) is 0 Å². The van der Waals surface area contributed by atoms with Crippen LogP contribution >= 0.6 is 0 Å². The lowest BCUT2D eigenvalue weighted by Gasteiger charge is -2.37. The molecule has 2 aromatic rings. The van der Waals surface area contributed by atoms with Crippen molar-refractivity contribution in [1.29, 1.82) is 0 Å². The zero-order valence-corrected chi connectivity index (χ0v) is 17.3. The van der Waals surface area contributed by atoms with Crippen molar-refractivity contribution in [2.24, 2.45) is 4.99 Å². The van der Waals surface area contributed by atoms with Crippen molar-refractivity contribution in [2.45, 2.75) is 18.5 Å². The SMILES string of the molecule is COc1ccc(NC(=O)N2CCC3(CC2)N=C(c2cccc(F)c2)C(=O)N3)c(OC)c1. The first-order valence-electron chi connectivity index (χ1n) is 9.89. The number of carbonyl (C=O) groups is 2. The zero-order chi connectivity index (χ0) is 22.0. The van der Waals surface area contributed by atoms with E-state index in [9.17, 15) is 14.0 Å². The van der Waals surface area contributed by atoms with Crippen LogP contribution in [-0.4, -0.2) is 55.5 Å². The van der Waals surface area contributed by atoms with Crippen LogP contribution in [-0.2, 0) is 4.79 Å². The van der Waals surface area contributed by atoms with Gasteiger partial charge in [0.2, 0.25) is 0 Å². The lowest BCUT2D eigenvalue weighted by Crippen LogP contribution is -2.53. The van der Waals surface area contributed by atoms with Crippen molar-refractivity contribution in [3.8, 4) is 11.5 Å². The molecule has 0 aliphatic carbocycles. The number of likely N-dealkylation sites (tertiary alicyclic amines) is 1. The highest BCUT2D eigenvalue weighted by atomic mass is 19.1. The maximum absolute atomic E-state index is 13.5. The van der Waals surface area contributed by atoms with Gasteiger partial charge in [0, 0.05) is 37.6 Å².